The van der Waals surface area contributed by atoms with Crippen LogP contribution in [0.1, 0.15) is 32.1 Å². The van der Waals surface area contributed by atoms with E-state index in [1.54, 1.807) is 36.7 Å². The van der Waals surface area contributed by atoms with E-state index in [0.717, 1.165) is 17.7 Å². The third-order valence-electron chi connectivity index (χ3n) is 5.76. The standard InChI is InChI=1S/C26H24ClFN6OS/c27-19-8-4-5-9-23(19)36-34-18-10-11-22(20(28)16-18)35-25-24(29-14-15-30-25)21-12-13-31-26(33-21)32-17-6-2-1-3-7-17/h4-5,8-17,34H,1-3,6-7H2,(H,31,32,33). The molecule has 1 aliphatic carbocycles. The maximum absolute atomic E-state index is 14.9. The van der Waals surface area contributed by atoms with E-state index in [1.165, 1.54) is 43.5 Å². The number of rotatable bonds is 8. The van der Waals surface area contributed by atoms with Gasteiger partial charge in [0.15, 0.2) is 17.3 Å². The average Bonchev–Trinajstić information content (AvgIpc) is 2.91. The molecule has 5 rings (SSSR count). The van der Waals surface area contributed by atoms with Crippen molar-refractivity contribution in [3.8, 4) is 23.0 Å². The highest BCUT2D eigenvalue weighted by atomic mass is 35.5. The summed E-state index contributed by atoms with van der Waals surface area (Å²) in [5, 5.41) is 4.03. The van der Waals surface area contributed by atoms with Gasteiger partial charge in [0, 0.05) is 41.3 Å². The van der Waals surface area contributed by atoms with Crippen molar-refractivity contribution in [1.29, 1.82) is 0 Å². The predicted molar refractivity (Wildman–Crippen MR) is 141 cm³/mol. The van der Waals surface area contributed by atoms with Crippen LogP contribution in [0.2, 0.25) is 5.02 Å². The van der Waals surface area contributed by atoms with Crippen LogP contribution in [-0.2, 0) is 0 Å². The summed E-state index contributed by atoms with van der Waals surface area (Å²) in [6, 6.07) is 14.1. The number of benzene rings is 2. The van der Waals surface area contributed by atoms with Crippen molar-refractivity contribution < 1.29 is 9.13 Å². The molecular formula is C26H24ClFN6OS. The zero-order valence-corrected chi connectivity index (χ0v) is 20.9. The van der Waals surface area contributed by atoms with E-state index < -0.39 is 5.82 Å². The molecule has 184 valence electrons. The zero-order valence-electron chi connectivity index (χ0n) is 19.3. The Morgan fingerprint density at radius 3 is 2.61 bits per heavy atom. The van der Waals surface area contributed by atoms with Crippen LogP contribution < -0.4 is 14.8 Å². The monoisotopic (exact) mass is 522 g/mol. The molecular weight excluding hydrogens is 499 g/mol. The van der Waals surface area contributed by atoms with Crippen molar-refractivity contribution in [2.24, 2.45) is 0 Å². The largest absolute Gasteiger partial charge is 0.434 e. The quantitative estimate of drug-likeness (QED) is 0.232. The molecule has 1 fully saturated rings. The highest BCUT2D eigenvalue weighted by Crippen LogP contribution is 2.33. The minimum atomic E-state index is -0.543. The first-order valence-electron chi connectivity index (χ1n) is 11.7. The first kappa shape index (κ1) is 24.3. The summed E-state index contributed by atoms with van der Waals surface area (Å²) in [5.41, 5.74) is 1.52. The Kier molecular flexibility index (Phi) is 7.78. The van der Waals surface area contributed by atoms with Crippen LogP contribution in [0.4, 0.5) is 16.0 Å². The van der Waals surface area contributed by atoms with Crippen molar-refractivity contribution in [3.05, 3.63) is 78.0 Å². The molecule has 0 saturated heterocycles. The van der Waals surface area contributed by atoms with Gasteiger partial charge in [0.25, 0.3) is 0 Å². The van der Waals surface area contributed by atoms with Gasteiger partial charge in [0.2, 0.25) is 11.8 Å². The fraction of sp³-hybridized carbons (Fsp3) is 0.231. The molecule has 1 saturated carbocycles. The molecule has 1 aliphatic rings. The minimum Gasteiger partial charge on any atom is -0.434 e. The number of anilines is 2. The number of aromatic nitrogens is 4. The lowest BCUT2D eigenvalue weighted by atomic mass is 9.96. The topological polar surface area (TPSA) is 84.8 Å². The van der Waals surface area contributed by atoms with E-state index in [4.69, 9.17) is 16.3 Å². The molecule has 0 atom stereocenters. The number of halogens is 2. The van der Waals surface area contributed by atoms with Crippen LogP contribution >= 0.6 is 23.5 Å². The Hall–Kier alpha value is -3.43. The predicted octanol–water partition coefficient (Wildman–Crippen LogP) is 7.38. The Morgan fingerprint density at radius 2 is 1.78 bits per heavy atom. The van der Waals surface area contributed by atoms with Gasteiger partial charge in [-0.05, 0) is 55.1 Å². The van der Waals surface area contributed by atoms with Crippen molar-refractivity contribution in [3.63, 3.8) is 0 Å². The second-order valence-electron chi connectivity index (χ2n) is 8.34. The van der Waals surface area contributed by atoms with E-state index in [-0.39, 0.29) is 11.6 Å². The molecule has 2 heterocycles. The van der Waals surface area contributed by atoms with E-state index in [9.17, 15) is 4.39 Å². The molecule has 2 N–H and O–H groups in total. The summed E-state index contributed by atoms with van der Waals surface area (Å²) in [7, 11) is 0. The van der Waals surface area contributed by atoms with Gasteiger partial charge in [-0.3, -0.25) is 0 Å². The third-order valence-corrected chi connectivity index (χ3v) is 7.11. The van der Waals surface area contributed by atoms with Gasteiger partial charge in [-0.2, -0.15) is 0 Å². The van der Waals surface area contributed by atoms with Crippen LogP contribution in [0.3, 0.4) is 0 Å². The molecule has 0 amide bonds. The highest BCUT2D eigenvalue weighted by Gasteiger charge is 2.17. The molecule has 0 radical (unpaired) electrons. The molecule has 0 aliphatic heterocycles. The molecule has 2 aromatic heterocycles. The van der Waals surface area contributed by atoms with Gasteiger partial charge in [-0.25, -0.2) is 24.3 Å². The molecule has 2 aromatic carbocycles. The molecule has 0 spiro atoms. The summed E-state index contributed by atoms with van der Waals surface area (Å²) in [6.07, 6.45) is 10.6. The Morgan fingerprint density at radius 1 is 0.944 bits per heavy atom. The molecule has 0 bridgehead atoms. The fourth-order valence-corrected chi connectivity index (χ4v) is 4.88. The van der Waals surface area contributed by atoms with Crippen molar-refractivity contribution >= 4 is 35.2 Å². The minimum absolute atomic E-state index is 0.0275. The highest BCUT2D eigenvalue weighted by molar-refractivity contribution is 8.00. The van der Waals surface area contributed by atoms with Gasteiger partial charge in [-0.1, -0.05) is 43.0 Å². The Bertz CT molecular complexity index is 1340. The second kappa shape index (κ2) is 11.5. The van der Waals surface area contributed by atoms with Crippen LogP contribution in [0.15, 0.2) is 72.0 Å². The first-order valence-corrected chi connectivity index (χ1v) is 12.9. The number of hydrogen-bond donors (Lipinski definition) is 2. The average molecular weight is 523 g/mol. The maximum Gasteiger partial charge on any atom is 0.247 e. The number of hydrogen-bond acceptors (Lipinski definition) is 8. The van der Waals surface area contributed by atoms with Gasteiger partial charge < -0.3 is 14.8 Å². The SMILES string of the molecule is Fc1cc(NSc2ccccc2Cl)ccc1Oc1nccnc1-c1ccnc(NC2CCCCC2)n1. The Labute approximate surface area is 218 Å². The summed E-state index contributed by atoms with van der Waals surface area (Å²) in [6.45, 7) is 0. The van der Waals surface area contributed by atoms with Crippen LogP contribution in [-0.4, -0.2) is 26.0 Å². The van der Waals surface area contributed by atoms with Crippen LogP contribution in [0.25, 0.3) is 11.4 Å². The van der Waals surface area contributed by atoms with E-state index >= 15 is 0 Å². The van der Waals surface area contributed by atoms with E-state index in [2.05, 4.69) is 30.0 Å². The first-order chi connectivity index (χ1) is 17.7. The smallest absolute Gasteiger partial charge is 0.247 e. The van der Waals surface area contributed by atoms with E-state index in [0.29, 0.717) is 34.1 Å². The molecule has 36 heavy (non-hydrogen) atoms. The Balaban J connectivity index is 1.31. The van der Waals surface area contributed by atoms with Crippen molar-refractivity contribution in [2.75, 3.05) is 10.0 Å². The zero-order chi connectivity index (χ0) is 24.7. The lowest BCUT2D eigenvalue weighted by Crippen LogP contribution is -2.23. The fourth-order valence-electron chi connectivity index (χ4n) is 3.96. The molecule has 0 unspecified atom stereocenters. The van der Waals surface area contributed by atoms with E-state index in [1.807, 2.05) is 18.2 Å². The lowest BCUT2D eigenvalue weighted by molar-refractivity contribution is 0.427. The lowest BCUT2D eigenvalue weighted by Gasteiger charge is -2.22. The number of nitrogens with one attached hydrogen (secondary N) is 2. The third kappa shape index (κ3) is 6.03. The molecule has 7 nitrogen and oxygen atoms in total. The van der Waals surface area contributed by atoms with Crippen molar-refractivity contribution in [1.82, 2.24) is 19.9 Å². The number of ether oxygens (including phenoxy) is 1. The summed E-state index contributed by atoms with van der Waals surface area (Å²) >= 11 is 7.48. The van der Waals surface area contributed by atoms with Gasteiger partial charge >= 0.3 is 0 Å². The summed E-state index contributed by atoms with van der Waals surface area (Å²) < 4.78 is 23.8. The maximum atomic E-state index is 14.9. The molecule has 4 aromatic rings. The van der Waals surface area contributed by atoms with Gasteiger partial charge in [0.1, 0.15) is 0 Å². The van der Waals surface area contributed by atoms with Crippen LogP contribution in [0.5, 0.6) is 11.6 Å². The normalized spacial score (nSPS) is 13.8. The van der Waals surface area contributed by atoms with Crippen LogP contribution in [0, 0.1) is 5.82 Å². The molecule has 10 heteroatoms. The van der Waals surface area contributed by atoms with Gasteiger partial charge in [0.05, 0.1) is 10.7 Å². The number of nitrogens with zero attached hydrogens (tertiary/aromatic N) is 4. The second-order valence-corrected chi connectivity index (χ2v) is 9.59. The summed E-state index contributed by atoms with van der Waals surface area (Å²) in [5.74, 6) is 0.178. The summed E-state index contributed by atoms with van der Waals surface area (Å²) in [4.78, 5) is 18.5. The van der Waals surface area contributed by atoms with Gasteiger partial charge in [-0.15, -0.1) is 0 Å². The van der Waals surface area contributed by atoms with Crippen molar-refractivity contribution in [2.45, 2.75) is 43.0 Å².